The summed E-state index contributed by atoms with van der Waals surface area (Å²) in [5.74, 6) is 1.13. The van der Waals surface area contributed by atoms with Crippen molar-refractivity contribution in [1.82, 2.24) is 0 Å². The maximum absolute atomic E-state index is 10.7. The van der Waals surface area contributed by atoms with Crippen LogP contribution in [-0.4, -0.2) is 5.75 Å². The third-order valence-electron chi connectivity index (χ3n) is 1.99. The van der Waals surface area contributed by atoms with Crippen LogP contribution in [0.2, 0.25) is 0 Å². The largest absolute Gasteiger partial charge is 0.103 e. The molecule has 0 unspecified atom stereocenters. The van der Waals surface area contributed by atoms with Crippen LogP contribution in [0, 0.1) is 0 Å². The summed E-state index contributed by atoms with van der Waals surface area (Å²) < 4.78 is 59.2. The second-order valence-corrected chi connectivity index (χ2v) is 6.42. The molecule has 1 aromatic carbocycles. The zero-order chi connectivity index (χ0) is 15.1. The van der Waals surface area contributed by atoms with Gasteiger partial charge in [0.25, 0.3) is 0 Å². The van der Waals surface area contributed by atoms with Crippen LogP contribution < -0.4 is 0 Å². The Balaban J connectivity index is 0.000000399. The van der Waals surface area contributed by atoms with Gasteiger partial charge in [-0.15, -0.1) is 0 Å². The first-order chi connectivity index (χ1) is 8.38. The molecule has 0 fully saturated rings. The summed E-state index contributed by atoms with van der Waals surface area (Å²) in [4.78, 5) is 0. The summed E-state index contributed by atoms with van der Waals surface area (Å²) in [6.45, 7) is 0. The predicted octanol–water partition coefficient (Wildman–Crippen LogP) is 5.79. The Kier molecular flexibility index (Phi) is 6.21. The molecule has 1 aromatic rings. The van der Waals surface area contributed by atoms with Crippen LogP contribution >= 0.6 is 7.81 Å². The molecule has 0 amide bonds. The average Bonchev–Trinajstić information content (AvgIpc) is 2.22. The molecule has 0 aliphatic carbocycles. The Labute approximate surface area is 113 Å². The fraction of sp³-hybridized carbons (Fsp3) is 0.455. The summed E-state index contributed by atoms with van der Waals surface area (Å²) >= 11 is 3.48. The van der Waals surface area contributed by atoms with E-state index in [4.69, 9.17) is 0 Å². The number of aryl methyl sites for hydroxylation is 1. The molecule has 8 heteroatoms. The van der Waals surface area contributed by atoms with Gasteiger partial charge in [0.1, 0.15) is 5.75 Å². The SMILES string of the molecule is F[P-](F)(F)(F)(F)F.[SH2+]CCCCCc1ccccc1. The first-order valence-corrected chi connectivity index (χ1v) is 8.37. The minimum atomic E-state index is -10.7. The number of rotatable bonds is 5. The predicted molar refractivity (Wildman–Crippen MR) is 72.6 cm³/mol. The van der Waals surface area contributed by atoms with Crippen LogP contribution in [0.1, 0.15) is 24.8 Å². The quantitative estimate of drug-likeness (QED) is 0.278. The Morgan fingerprint density at radius 1 is 0.789 bits per heavy atom. The smallest absolute Gasteiger partial charge is 0.0622 e. The molecule has 0 bridgehead atoms. The molecule has 0 saturated heterocycles. The fourth-order valence-corrected chi connectivity index (χ4v) is 1.53. The average molecular weight is 326 g/mol. The molecule has 0 radical (unpaired) electrons. The van der Waals surface area contributed by atoms with Gasteiger partial charge < -0.3 is 0 Å². The van der Waals surface area contributed by atoms with Crippen molar-refractivity contribution in [3.05, 3.63) is 35.9 Å². The van der Waals surface area contributed by atoms with Crippen molar-refractivity contribution in [2.24, 2.45) is 0 Å². The van der Waals surface area contributed by atoms with Crippen molar-refractivity contribution in [1.29, 1.82) is 0 Å². The van der Waals surface area contributed by atoms with Gasteiger partial charge in [-0.3, -0.25) is 0 Å². The van der Waals surface area contributed by atoms with E-state index in [1.807, 2.05) is 0 Å². The van der Waals surface area contributed by atoms with E-state index in [1.54, 1.807) is 0 Å². The maximum atomic E-state index is 9.87. The van der Waals surface area contributed by atoms with Gasteiger partial charge in [0.05, 0.1) is 0 Å². The number of unbranched alkanes of at least 4 members (excludes halogenated alkanes) is 2. The van der Waals surface area contributed by atoms with Gasteiger partial charge in [-0.1, -0.05) is 30.3 Å². The summed E-state index contributed by atoms with van der Waals surface area (Å²) in [5, 5.41) is 0. The van der Waals surface area contributed by atoms with E-state index in [-0.39, 0.29) is 0 Å². The molecule has 0 atom stereocenters. The molecule has 0 heterocycles. The first-order valence-electron chi connectivity index (χ1n) is 5.63. The van der Waals surface area contributed by atoms with Crippen LogP contribution in [0.4, 0.5) is 25.2 Å². The van der Waals surface area contributed by atoms with Gasteiger partial charge in [-0.05, 0) is 43.9 Å². The van der Waals surface area contributed by atoms with E-state index >= 15 is 0 Å². The van der Waals surface area contributed by atoms with Crippen LogP contribution in [0.15, 0.2) is 30.3 Å². The molecule has 0 aliphatic rings. The second kappa shape index (κ2) is 6.35. The zero-order valence-corrected chi connectivity index (χ0v) is 12.0. The van der Waals surface area contributed by atoms with Crippen LogP contribution in [0.3, 0.4) is 0 Å². The zero-order valence-electron chi connectivity index (χ0n) is 10.1. The molecule has 19 heavy (non-hydrogen) atoms. The van der Waals surface area contributed by atoms with E-state index in [9.17, 15) is 25.2 Å². The van der Waals surface area contributed by atoms with Crippen molar-refractivity contribution in [3.63, 3.8) is 0 Å². The monoisotopic (exact) mass is 326 g/mol. The molecule has 0 N–H and O–H groups in total. The molecule has 0 saturated carbocycles. The Hall–Kier alpha value is -0.420. The Bertz CT molecular complexity index is 349. The van der Waals surface area contributed by atoms with Crippen LogP contribution in [0.25, 0.3) is 0 Å². The van der Waals surface area contributed by atoms with Crippen LogP contribution in [0.5, 0.6) is 0 Å². The molecular weight excluding hydrogens is 309 g/mol. The second-order valence-electron chi connectivity index (χ2n) is 4.00. The molecule has 114 valence electrons. The molecule has 0 spiro atoms. The summed E-state index contributed by atoms with van der Waals surface area (Å²) in [6, 6.07) is 10.7. The van der Waals surface area contributed by atoms with E-state index in [0.717, 1.165) is 5.75 Å². The van der Waals surface area contributed by atoms with E-state index in [1.165, 1.54) is 31.2 Å². The van der Waals surface area contributed by atoms with Crippen molar-refractivity contribution in [2.45, 2.75) is 25.7 Å². The van der Waals surface area contributed by atoms with Gasteiger partial charge in [-0.2, -0.15) is 0 Å². The Morgan fingerprint density at radius 3 is 1.68 bits per heavy atom. The van der Waals surface area contributed by atoms with Gasteiger partial charge in [0.15, 0.2) is 0 Å². The van der Waals surface area contributed by atoms with Crippen molar-refractivity contribution < 1.29 is 25.2 Å². The summed E-state index contributed by atoms with van der Waals surface area (Å²) in [6.07, 6.45) is 5.17. The molecule has 1 rings (SSSR count). The minimum absolute atomic E-state index is 1.13. The summed E-state index contributed by atoms with van der Waals surface area (Å²) in [7, 11) is -10.7. The molecule has 0 aliphatic heterocycles. The van der Waals surface area contributed by atoms with Gasteiger partial charge in [0.2, 0.25) is 0 Å². The molecule has 0 nitrogen and oxygen atoms in total. The first kappa shape index (κ1) is 18.6. The standard InChI is InChI=1S/C11H16S.F6P/c12-10-6-2-5-9-11-7-3-1-4-8-11;1-7(2,3,4,5)6/h1,3-4,7-8,12H,2,5-6,9-10H2;/q;-1/p+1. The number of halogens is 6. The van der Waals surface area contributed by atoms with E-state index in [0.29, 0.717) is 0 Å². The number of benzene rings is 1. The van der Waals surface area contributed by atoms with E-state index < -0.39 is 7.81 Å². The Morgan fingerprint density at radius 2 is 1.26 bits per heavy atom. The van der Waals surface area contributed by atoms with Crippen molar-refractivity contribution in [3.8, 4) is 0 Å². The topological polar surface area (TPSA) is 0 Å². The normalized spacial score (nSPS) is 14.9. The number of hydrogen-bond acceptors (Lipinski definition) is 0. The van der Waals surface area contributed by atoms with Gasteiger partial charge in [0, 0.05) is 0 Å². The number of hydrogen-bond donors (Lipinski definition) is 0. The third-order valence-corrected chi connectivity index (χ3v) is 2.34. The summed E-state index contributed by atoms with van der Waals surface area (Å²) in [5.41, 5.74) is 1.46. The van der Waals surface area contributed by atoms with Gasteiger partial charge in [-0.25, -0.2) is 0 Å². The maximum Gasteiger partial charge on any atom is 0.103 e. The van der Waals surface area contributed by atoms with E-state index in [2.05, 4.69) is 43.0 Å². The molecule has 0 aromatic heterocycles. The molecular formula is C11H17F6PS. The van der Waals surface area contributed by atoms with Crippen LogP contribution in [-0.2, 0) is 19.0 Å². The minimum Gasteiger partial charge on any atom is -0.0622 e. The van der Waals surface area contributed by atoms with Crippen molar-refractivity contribution >= 4 is 20.4 Å². The third kappa shape index (κ3) is 23.1. The van der Waals surface area contributed by atoms with Crippen molar-refractivity contribution in [2.75, 3.05) is 5.75 Å². The van der Waals surface area contributed by atoms with Gasteiger partial charge >= 0.3 is 33.0 Å². The fourth-order valence-electron chi connectivity index (χ4n) is 1.28.